The van der Waals surface area contributed by atoms with Gasteiger partial charge in [-0.25, -0.2) is 0 Å². The first kappa shape index (κ1) is 14.3. The average molecular weight is 320 g/mol. The Bertz CT molecular complexity index is 571. The van der Waals surface area contributed by atoms with E-state index in [1.807, 2.05) is 0 Å². The van der Waals surface area contributed by atoms with Gasteiger partial charge in [0.15, 0.2) is 0 Å². The summed E-state index contributed by atoms with van der Waals surface area (Å²) >= 11 is 17.9. The van der Waals surface area contributed by atoms with E-state index in [2.05, 4.69) is 10.0 Å². The highest BCUT2D eigenvalue weighted by Crippen LogP contribution is 2.37. The minimum absolute atomic E-state index is 0.00563. The maximum absolute atomic E-state index is 12.0. The van der Waals surface area contributed by atoms with E-state index in [-0.39, 0.29) is 18.4 Å². The van der Waals surface area contributed by atoms with Gasteiger partial charge in [-0.3, -0.25) is 4.79 Å². The van der Waals surface area contributed by atoms with E-state index in [9.17, 15) is 4.79 Å². The number of azide groups is 1. The monoisotopic (exact) mass is 318 g/mol. The molecule has 1 unspecified atom stereocenters. The van der Waals surface area contributed by atoms with Crippen molar-refractivity contribution in [1.29, 1.82) is 0 Å². The van der Waals surface area contributed by atoms with E-state index < -0.39 is 0 Å². The van der Waals surface area contributed by atoms with Gasteiger partial charge in [-0.1, -0.05) is 39.9 Å². The van der Waals surface area contributed by atoms with Gasteiger partial charge in [0.2, 0.25) is 5.91 Å². The summed E-state index contributed by atoms with van der Waals surface area (Å²) in [6, 6.07) is 3.08. The van der Waals surface area contributed by atoms with Crippen LogP contribution in [0.1, 0.15) is 6.42 Å². The molecular weight excluding hydrogens is 311 g/mol. The molecule has 1 aromatic carbocycles. The number of anilines is 1. The fourth-order valence-corrected chi connectivity index (χ4v) is 2.65. The van der Waals surface area contributed by atoms with E-state index in [1.165, 1.54) is 6.07 Å². The Morgan fingerprint density at radius 3 is 2.68 bits per heavy atom. The van der Waals surface area contributed by atoms with Crippen LogP contribution in [0, 0.1) is 5.92 Å². The van der Waals surface area contributed by atoms with Crippen LogP contribution in [0.3, 0.4) is 0 Å². The third-order valence-electron chi connectivity index (χ3n) is 2.89. The van der Waals surface area contributed by atoms with Crippen molar-refractivity contribution in [2.24, 2.45) is 11.0 Å². The standard InChI is InChI=1S/C11H9Cl3N4O/c12-7-2-9(14)10(3-8(7)13)18-5-6(1-11(18)19)4-16-17-15/h2-3,6H,1,4-5H2. The number of hydrogen-bond acceptors (Lipinski definition) is 2. The molecule has 1 fully saturated rings. The van der Waals surface area contributed by atoms with Crippen molar-refractivity contribution in [3.8, 4) is 0 Å². The SMILES string of the molecule is [N-]=[N+]=NCC1CC(=O)N(c2cc(Cl)c(Cl)cc2Cl)C1. The summed E-state index contributed by atoms with van der Waals surface area (Å²) in [5, 5.41) is 4.54. The number of amides is 1. The van der Waals surface area contributed by atoms with Gasteiger partial charge < -0.3 is 4.90 Å². The van der Waals surface area contributed by atoms with Crippen molar-refractivity contribution in [3.63, 3.8) is 0 Å². The quantitative estimate of drug-likeness (QED) is 0.354. The van der Waals surface area contributed by atoms with Crippen molar-refractivity contribution in [1.82, 2.24) is 0 Å². The van der Waals surface area contributed by atoms with E-state index in [0.29, 0.717) is 33.7 Å². The first-order valence-corrected chi connectivity index (χ1v) is 6.62. The average Bonchev–Trinajstić information content (AvgIpc) is 2.72. The Balaban J connectivity index is 2.25. The molecule has 0 bridgehead atoms. The highest BCUT2D eigenvalue weighted by molar-refractivity contribution is 6.44. The zero-order valence-corrected chi connectivity index (χ0v) is 12.0. The fraction of sp³-hybridized carbons (Fsp3) is 0.364. The highest BCUT2D eigenvalue weighted by Gasteiger charge is 2.31. The second-order valence-electron chi connectivity index (χ2n) is 4.21. The molecule has 1 aliphatic rings. The largest absolute Gasteiger partial charge is 0.311 e. The number of nitrogens with zero attached hydrogens (tertiary/aromatic N) is 4. The summed E-state index contributed by atoms with van der Waals surface area (Å²) in [6.45, 7) is 0.743. The Morgan fingerprint density at radius 1 is 1.32 bits per heavy atom. The highest BCUT2D eigenvalue weighted by atomic mass is 35.5. The Morgan fingerprint density at radius 2 is 2.00 bits per heavy atom. The molecule has 0 aliphatic carbocycles. The lowest BCUT2D eigenvalue weighted by Gasteiger charge is -2.18. The molecule has 19 heavy (non-hydrogen) atoms. The fourth-order valence-electron chi connectivity index (χ4n) is 2.01. The van der Waals surface area contributed by atoms with Gasteiger partial charge in [-0.2, -0.15) is 0 Å². The number of benzene rings is 1. The van der Waals surface area contributed by atoms with Crippen LogP contribution in [-0.2, 0) is 4.79 Å². The van der Waals surface area contributed by atoms with Crippen LogP contribution >= 0.6 is 34.8 Å². The van der Waals surface area contributed by atoms with Gasteiger partial charge in [-0.15, -0.1) is 0 Å². The zero-order valence-electron chi connectivity index (χ0n) is 9.68. The second-order valence-corrected chi connectivity index (χ2v) is 5.43. The molecular formula is C11H9Cl3N4O. The molecule has 1 aromatic rings. The molecule has 100 valence electrons. The van der Waals surface area contributed by atoms with Gasteiger partial charge in [0.1, 0.15) is 0 Å². The molecule has 0 spiro atoms. The first-order valence-electron chi connectivity index (χ1n) is 5.48. The zero-order chi connectivity index (χ0) is 14.0. The third kappa shape index (κ3) is 3.07. The summed E-state index contributed by atoms with van der Waals surface area (Å²) in [7, 11) is 0. The first-order chi connectivity index (χ1) is 9.02. The Labute approximate surface area is 124 Å². The van der Waals surface area contributed by atoms with Gasteiger partial charge in [0, 0.05) is 24.4 Å². The molecule has 0 aromatic heterocycles. The summed E-state index contributed by atoms with van der Waals surface area (Å²) in [5.41, 5.74) is 8.82. The van der Waals surface area contributed by atoms with E-state index in [0.717, 1.165) is 0 Å². The predicted octanol–water partition coefficient (Wildman–Crippen LogP) is 4.31. The van der Waals surface area contributed by atoms with Crippen LogP contribution in [0.2, 0.25) is 15.1 Å². The van der Waals surface area contributed by atoms with Crippen LogP contribution in [0.15, 0.2) is 17.2 Å². The lowest BCUT2D eigenvalue weighted by Crippen LogP contribution is -2.25. The molecule has 1 atom stereocenters. The van der Waals surface area contributed by atoms with Crippen LogP contribution < -0.4 is 4.90 Å². The Kier molecular flexibility index (Phi) is 4.42. The number of rotatable bonds is 3. The molecule has 1 saturated heterocycles. The molecule has 1 aliphatic heterocycles. The molecule has 0 radical (unpaired) electrons. The summed E-state index contributed by atoms with van der Waals surface area (Å²) < 4.78 is 0. The van der Waals surface area contributed by atoms with Crippen LogP contribution in [0.25, 0.3) is 10.4 Å². The van der Waals surface area contributed by atoms with Gasteiger partial charge >= 0.3 is 0 Å². The lowest BCUT2D eigenvalue weighted by atomic mass is 10.1. The minimum Gasteiger partial charge on any atom is -0.311 e. The van der Waals surface area contributed by atoms with Crippen molar-refractivity contribution < 1.29 is 4.79 Å². The minimum atomic E-state index is -0.0709. The molecule has 0 N–H and O–H groups in total. The van der Waals surface area contributed by atoms with Gasteiger partial charge in [0.05, 0.1) is 20.8 Å². The van der Waals surface area contributed by atoms with Gasteiger partial charge in [0.25, 0.3) is 0 Å². The van der Waals surface area contributed by atoms with Crippen molar-refractivity contribution in [2.75, 3.05) is 18.0 Å². The maximum Gasteiger partial charge on any atom is 0.227 e. The van der Waals surface area contributed by atoms with Crippen molar-refractivity contribution >= 4 is 46.4 Å². The smallest absolute Gasteiger partial charge is 0.227 e. The molecule has 1 amide bonds. The summed E-state index contributed by atoms with van der Waals surface area (Å²) in [5.74, 6) is -0.0765. The normalized spacial score (nSPS) is 18.6. The maximum atomic E-state index is 12.0. The molecule has 0 saturated carbocycles. The van der Waals surface area contributed by atoms with Crippen LogP contribution in [0.5, 0.6) is 0 Å². The third-order valence-corrected chi connectivity index (χ3v) is 3.91. The van der Waals surface area contributed by atoms with Crippen LogP contribution in [0.4, 0.5) is 5.69 Å². The Hall–Kier alpha value is -1.13. The van der Waals surface area contributed by atoms with E-state index in [4.69, 9.17) is 40.3 Å². The van der Waals surface area contributed by atoms with Crippen molar-refractivity contribution in [2.45, 2.75) is 6.42 Å². The molecule has 8 heteroatoms. The number of carbonyl (C=O) groups is 1. The molecule has 5 nitrogen and oxygen atoms in total. The van der Waals surface area contributed by atoms with E-state index >= 15 is 0 Å². The lowest BCUT2D eigenvalue weighted by molar-refractivity contribution is -0.117. The number of hydrogen-bond donors (Lipinski definition) is 0. The predicted molar refractivity (Wildman–Crippen MR) is 75.9 cm³/mol. The van der Waals surface area contributed by atoms with Crippen molar-refractivity contribution in [3.05, 3.63) is 37.6 Å². The number of halogens is 3. The van der Waals surface area contributed by atoms with Gasteiger partial charge in [-0.05, 0) is 23.6 Å². The second kappa shape index (κ2) is 5.88. The summed E-state index contributed by atoms with van der Waals surface area (Å²) in [4.78, 5) is 16.2. The molecule has 1 heterocycles. The topological polar surface area (TPSA) is 69.1 Å². The van der Waals surface area contributed by atoms with Crippen LogP contribution in [-0.4, -0.2) is 19.0 Å². The summed E-state index contributed by atoms with van der Waals surface area (Å²) in [6.07, 6.45) is 0.329. The molecule has 2 rings (SSSR count). The number of carbonyl (C=O) groups excluding carboxylic acids is 1. The van der Waals surface area contributed by atoms with E-state index in [1.54, 1.807) is 11.0 Å².